The van der Waals surface area contributed by atoms with E-state index >= 15 is 0 Å². The van der Waals surface area contributed by atoms with Crippen LogP contribution in [-0.2, 0) is 44.6 Å². The topological polar surface area (TPSA) is 195 Å². The quantitative estimate of drug-likeness (QED) is 0.238. The third kappa shape index (κ3) is 7.12. The third-order valence-corrected chi connectivity index (χ3v) is 15.3. The lowest BCUT2D eigenvalue weighted by Gasteiger charge is -2.59. The molecule has 2 aliphatic heterocycles. The van der Waals surface area contributed by atoms with Crippen molar-refractivity contribution >= 4 is 29.4 Å². The Hall–Kier alpha value is -3.75. The van der Waals surface area contributed by atoms with Crippen LogP contribution in [0.15, 0.2) is 48.1 Å². The molecule has 2 amide bonds. The molecule has 0 radical (unpaired) electrons. The Balaban J connectivity index is 0.875. The predicted molar refractivity (Wildman–Crippen MR) is 215 cm³/mol. The summed E-state index contributed by atoms with van der Waals surface area (Å²) in [7, 11) is 0. The van der Waals surface area contributed by atoms with Gasteiger partial charge >= 0.3 is 5.97 Å². The number of hydrogen-bond acceptors (Lipinski definition) is 11. The first-order valence-electron chi connectivity index (χ1n) is 21.5. The first-order valence-corrected chi connectivity index (χ1v) is 21.5. The van der Waals surface area contributed by atoms with Crippen LogP contribution in [0, 0.1) is 39.9 Å². The van der Waals surface area contributed by atoms with Gasteiger partial charge in [-0.1, -0.05) is 49.8 Å². The second-order valence-electron chi connectivity index (χ2n) is 20.2. The molecule has 2 heterocycles. The second kappa shape index (κ2) is 15.0. The van der Waals surface area contributed by atoms with Crippen molar-refractivity contribution in [2.45, 2.75) is 128 Å². The van der Waals surface area contributed by atoms with Gasteiger partial charge in [-0.3, -0.25) is 24.0 Å². The number of nitrogens with one attached hydrogen (secondary N) is 1. The number of carbonyl (C=O) groups excluding carboxylic acids is 5. The van der Waals surface area contributed by atoms with Gasteiger partial charge in [0.15, 0.2) is 23.5 Å². The molecule has 1 spiro atoms. The smallest absolute Gasteiger partial charge is 0.306 e. The molecule has 7 aliphatic rings. The molecule has 5 N–H and O–H groups in total. The molecular weight excluding hydrogens is 755 g/mol. The number of rotatable bonds is 11. The number of carbonyl (C=O) groups is 5. The number of fused-ring (bicyclic) bond motifs is 7. The van der Waals surface area contributed by atoms with Gasteiger partial charge in [-0.25, -0.2) is 0 Å². The predicted octanol–water partition coefficient (Wildman–Crippen LogP) is 3.64. The molecule has 10 atom stereocenters. The lowest BCUT2D eigenvalue weighted by Crippen LogP contribution is -2.66. The van der Waals surface area contributed by atoms with E-state index in [1.54, 1.807) is 37.8 Å². The molecule has 1 aromatic rings. The second-order valence-corrected chi connectivity index (χ2v) is 20.2. The molecule has 0 bridgehead atoms. The van der Waals surface area contributed by atoms with Gasteiger partial charge in [0.25, 0.3) is 0 Å². The standard InChI is InChI=1S/C46H61N3O10/c1-42(2,3)58-38(55)13-12-33(48-37(54)22-47)40(56)49-24-45(25-49)19-27(20-45)16-26-6-8-28(9-7-26)41-57-36-18-32-31-11-10-29-17-30(51)14-15-43(29,4)39(31)34(52)21-44(32,5)46(36,59-41)35(53)23-50/h6-9,14-15,17,27,31-34,36,39,41,50,52H,10-13,16,18-25,47H2,1-5H3,(H,48,54)/t31-,32-,33-,34-,36+,39+,41+,43-,44-,46+/m0/s1. The highest BCUT2D eigenvalue weighted by molar-refractivity contribution is 6.01. The van der Waals surface area contributed by atoms with Crippen molar-refractivity contribution < 1.29 is 48.4 Å². The van der Waals surface area contributed by atoms with Crippen LogP contribution in [0.2, 0.25) is 0 Å². The van der Waals surface area contributed by atoms with Crippen molar-refractivity contribution in [2.24, 2.45) is 45.7 Å². The molecule has 5 aliphatic carbocycles. The van der Waals surface area contributed by atoms with E-state index < -0.39 is 70.8 Å². The highest BCUT2D eigenvalue weighted by Gasteiger charge is 2.76. The number of hydrogen-bond donors (Lipinski definition) is 4. The number of benzene rings is 1. The molecule has 1 aromatic carbocycles. The van der Waals surface area contributed by atoms with E-state index in [2.05, 4.69) is 24.4 Å². The number of esters is 1. The number of aliphatic hydroxyl groups excluding tert-OH is 2. The van der Waals surface area contributed by atoms with Crippen LogP contribution in [0.1, 0.15) is 103 Å². The summed E-state index contributed by atoms with van der Waals surface area (Å²) < 4.78 is 18.8. The Labute approximate surface area is 346 Å². The Morgan fingerprint density at radius 3 is 2.46 bits per heavy atom. The number of ether oxygens (including phenoxy) is 3. The molecule has 2 saturated heterocycles. The summed E-state index contributed by atoms with van der Waals surface area (Å²) in [6.45, 7) is 9.81. The third-order valence-electron chi connectivity index (χ3n) is 15.3. The Bertz CT molecular complexity index is 1940. The lowest BCUT2D eigenvalue weighted by atomic mass is 9.46. The van der Waals surface area contributed by atoms with E-state index in [0.29, 0.717) is 31.8 Å². The minimum absolute atomic E-state index is 0.00642. The maximum absolute atomic E-state index is 13.9. The van der Waals surface area contributed by atoms with Crippen molar-refractivity contribution in [2.75, 3.05) is 26.2 Å². The largest absolute Gasteiger partial charge is 0.460 e. The average molecular weight is 816 g/mol. The molecule has 8 rings (SSSR count). The van der Waals surface area contributed by atoms with Gasteiger partial charge in [0.05, 0.1) is 18.8 Å². The Morgan fingerprint density at radius 1 is 1.08 bits per heavy atom. The van der Waals surface area contributed by atoms with Crippen LogP contribution >= 0.6 is 0 Å². The van der Waals surface area contributed by atoms with Crippen molar-refractivity contribution in [3.05, 3.63) is 59.2 Å². The molecule has 59 heavy (non-hydrogen) atoms. The number of aliphatic hydroxyl groups is 2. The fraction of sp³-hybridized carbons (Fsp3) is 0.674. The van der Waals surface area contributed by atoms with Crippen molar-refractivity contribution in [3.8, 4) is 0 Å². The maximum atomic E-state index is 13.9. The normalized spacial score (nSPS) is 36.0. The van der Waals surface area contributed by atoms with Crippen molar-refractivity contribution in [3.63, 3.8) is 0 Å². The molecule has 0 unspecified atom stereocenters. The number of likely N-dealkylation sites (tertiary alicyclic amines) is 1. The SMILES string of the molecule is CC(C)(C)OC(=O)CC[C@H](NC(=O)CN)C(=O)N1CC2(CC(Cc3ccc([C@@H]4O[C@@H]5C[C@H]6[C@@H]7CCC8=CC(=O)C=C[C@]8(C)[C@H]7[C@@H](O)C[C@]6(C)[C@]5(C(=O)CO)O4)cc3)C2)C1. The van der Waals surface area contributed by atoms with Gasteiger partial charge in [-0.2, -0.15) is 0 Å². The Morgan fingerprint density at radius 2 is 1.80 bits per heavy atom. The van der Waals surface area contributed by atoms with Crippen LogP contribution in [0.5, 0.6) is 0 Å². The number of ketones is 2. The van der Waals surface area contributed by atoms with Gasteiger partial charge in [0, 0.05) is 47.2 Å². The minimum atomic E-state index is -1.40. The molecule has 6 fully saturated rings. The van der Waals surface area contributed by atoms with Crippen molar-refractivity contribution in [1.29, 1.82) is 0 Å². The van der Waals surface area contributed by atoms with Gasteiger partial charge in [-0.05, 0) is 108 Å². The summed E-state index contributed by atoms with van der Waals surface area (Å²) in [6.07, 6.45) is 8.69. The lowest BCUT2D eigenvalue weighted by molar-refractivity contribution is -0.201. The molecule has 320 valence electrons. The van der Waals surface area contributed by atoms with Crippen LogP contribution in [0.25, 0.3) is 0 Å². The zero-order valence-electron chi connectivity index (χ0n) is 35.0. The van der Waals surface area contributed by atoms with Crippen molar-refractivity contribution in [1.82, 2.24) is 10.2 Å². The first kappa shape index (κ1) is 42.0. The number of Topliss-reactive ketones (excluding diaryl/α,β-unsaturated/α-hetero) is 1. The molecule has 13 nitrogen and oxygen atoms in total. The van der Waals surface area contributed by atoms with E-state index in [0.717, 1.165) is 48.8 Å². The van der Waals surface area contributed by atoms with Gasteiger partial charge in [-0.15, -0.1) is 0 Å². The maximum Gasteiger partial charge on any atom is 0.306 e. The fourth-order valence-electron chi connectivity index (χ4n) is 12.9. The van der Waals surface area contributed by atoms with E-state index in [1.165, 1.54) is 0 Å². The molecule has 4 saturated carbocycles. The van der Waals surface area contributed by atoms with E-state index in [-0.39, 0.29) is 54.2 Å². The highest BCUT2D eigenvalue weighted by atomic mass is 16.7. The van der Waals surface area contributed by atoms with Crippen LogP contribution in [0.3, 0.4) is 0 Å². The summed E-state index contributed by atoms with van der Waals surface area (Å²) in [4.78, 5) is 65.8. The highest BCUT2D eigenvalue weighted by Crippen LogP contribution is 2.70. The summed E-state index contributed by atoms with van der Waals surface area (Å²) in [5, 5.41) is 25.0. The zero-order chi connectivity index (χ0) is 42.3. The number of nitrogens with two attached hydrogens (primary N) is 1. The summed E-state index contributed by atoms with van der Waals surface area (Å²) in [5.74, 6) is -1.02. The average Bonchev–Trinajstić information content (AvgIpc) is 3.65. The number of amides is 2. The van der Waals surface area contributed by atoms with Gasteiger partial charge < -0.3 is 40.4 Å². The van der Waals surface area contributed by atoms with Crippen LogP contribution < -0.4 is 11.1 Å². The van der Waals surface area contributed by atoms with Gasteiger partial charge in [0.1, 0.15) is 18.2 Å². The first-order chi connectivity index (χ1) is 27.8. The minimum Gasteiger partial charge on any atom is -0.460 e. The van der Waals surface area contributed by atoms with Crippen LogP contribution in [-0.4, -0.2) is 100 Å². The molecule has 13 heteroatoms. The summed E-state index contributed by atoms with van der Waals surface area (Å²) in [5.41, 5.74) is 5.35. The monoisotopic (exact) mass is 815 g/mol. The van der Waals surface area contributed by atoms with Crippen LogP contribution in [0.4, 0.5) is 0 Å². The van der Waals surface area contributed by atoms with E-state index in [4.69, 9.17) is 19.9 Å². The number of nitrogens with zero attached hydrogens (tertiary/aromatic N) is 1. The number of allylic oxidation sites excluding steroid dienone is 4. The zero-order valence-corrected chi connectivity index (χ0v) is 35.0. The summed E-state index contributed by atoms with van der Waals surface area (Å²) in [6, 6.07) is 7.28. The fourth-order valence-corrected chi connectivity index (χ4v) is 12.9. The van der Waals surface area contributed by atoms with E-state index in [1.807, 2.05) is 25.1 Å². The summed E-state index contributed by atoms with van der Waals surface area (Å²) >= 11 is 0. The molecular formula is C46H61N3O10. The van der Waals surface area contributed by atoms with E-state index in [9.17, 15) is 34.2 Å². The van der Waals surface area contributed by atoms with Gasteiger partial charge in [0.2, 0.25) is 11.8 Å². The Kier molecular flexibility index (Phi) is 10.7. The molecule has 0 aromatic heterocycles.